The highest BCUT2D eigenvalue weighted by molar-refractivity contribution is 9.10. The van der Waals surface area contributed by atoms with Crippen LogP contribution in [0.2, 0.25) is 0 Å². The van der Waals surface area contributed by atoms with Crippen LogP contribution in [-0.2, 0) is 6.42 Å². The quantitative estimate of drug-likeness (QED) is 0.312. The molecule has 0 bridgehead atoms. The summed E-state index contributed by atoms with van der Waals surface area (Å²) in [6.45, 7) is 5.94. The number of hydrazone groups is 1. The van der Waals surface area contributed by atoms with Crippen LogP contribution >= 0.6 is 15.9 Å². The Hall–Kier alpha value is -3.06. The van der Waals surface area contributed by atoms with Crippen molar-refractivity contribution in [3.05, 3.63) is 70.4 Å². The van der Waals surface area contributed by atoms with E-state index in [0.717, 1.165) is 9.86 Å². The molecule has 1 amide bonds. The number of amides is 1. The summed E-state index contributed by atoms with van der Waals surface area (Å²) < 4.78 is 11.9. The van der Waals surface area contributed by atoms with Crippen molar-refractivity contribution in [2.45, 2.75) is 13.3 Å². The number of fused-ring (bicyclic) bond motifs is 1. The minimum absolute atomic E-state index is 0.0800. The fourth-order valence-electron chi connectivity index (χ4n) is 2.69. The first-order valence-corrected chi connectivity index (χ1v) is 9.43. The number of benzene rings is 2. The molecule has 144 valence electrons. The van der Waals surface area contributed by atoms with Crippen LogP contribution in [-0.4, -0.2) is 23.8 Å². The number of nitrogens with one attached hydrogen (secondary N) is 1. The maximum Gasteiger partial charge on any atom is 0.307 e. The zero-order valence-electron chi connectivity index (χ0n) is 15.2. The summed E-state index contributed by atoms with van der Waals surface area (Å²) in [6, 6.07) is 10.6. The molecule has 0 radical (unpaired) electrons. The molecule has 0 atom stereocenters. The van der Waals surface area contributed by atoms with Gasteiger partial charge in [0.2, 0.25) is 0 Å². The van der Waals surface area contributed by atoms with E-state index in [-0.39, 0.29) is 11.5 Å². The van der Waals surface area contributed by atoms with E-state index < -0.39 is 5.91 Å². The summed E-state index contributed by atoms with van der Waals surface area (Å²) >= 11 is 3.39. The molecule has 0 saturated heterocycles. The largest absolute Gasteiger partial charge is 0.504 e. The number of hydrogen-bond donors (Lipinski definition) is 2. The normalized spacial score (nSPS) is 11.1. The van der Waals surface area contributed by atoms with Crippen molar-refractivity contribution in [2.75, 3.05) is 6.61 Å². The molecular formula is C21H19BrN2O4. The second-order valence-electron chi connectivity index (χ2n) is 5.94. The highest BCUT2D eigenvalue weighted by Gasteiger charge is 2.12. The number of phenolic OH excluding ortho intramolecular Hbond substituents is 1. The van der Waals surface area contributed by atoms with Crippen LogP contribution in [0.25, 0.3) is 11.0 Å². The molecule has 0 saturated carbocycles. The average Bonchev–Trinajstić information content (AvgIpc) is 3.09. The van der Waals surface area contributed by atoms with E-state index in [9.17, 15) is 9.90 Å². The second kappa shape index (κ2) is 8.75. The maximum absolute atomic E-state index is 12.3. The minimum Gasteiger partial charge on any atom is -0.504 e. The van der Waals surface area contributed by atoms with Gasteiger partial charge >= 0.3 is 5.91 Å². The standard InChI is InChI=1S/C21H19BrN2O4/c1-3-5-14-8-13(9-18(20(14)25)27-4-2)12-23-24-21(26)19-11-15-10-16(22)6-7-17(15)28-19/h3,6-12,25H,1,4-5H2,2H3,(H,24,26)/b23-12+. The second-order valence-corrected chi connectivity index (χ2v) is 6.86. The predicted molar refractivity (Wildman–Crippen MR) is 112 cm³/mol. The molecule has 3 aromatic rings. The van der Waals surface area contributed by atoms with Crippen molar-refractivity contribution in [1.82, 2.24) is 5.43 Å². The lowest BCUT2D eigenvalue weighted by Gasteiger charge is -2.10. The van der Waals surface area contributed by atoms with Crippen LogP contribution in [0.15, 0.2) is 63.0 Å². The molecule has 6 nitrogen and oxygen atoms in total. The number of rotatable bonds is 7. The van der Waals surface area contributed by atoms with Crippen molar-refractivity contribution in [2.24, 2.45) is 5.10 Å². The number of carbonyl (C=O) groups excluding carboxylic acids is 1. The Morgan fingerprint density at radius 2 is 2.18 bits per heavy atom. The summed E-state index contributed by atoms with van der Waals surface area (Å²) in [5, 5.41) is 15.0. The smallest absolute Gasteiger partial charge is 0.307 e. The van der Waals surface area contributed by atoms with Gasteiger partial charge in [0.25, 0.3) is 0 Å². The highest BCUT2D eigenvalue weighted by Crippen LogP contribution is 2.32. The lowest BCUT2D eigenvalue weighted by Crippen LogP contribution is -2.16. The van der Waals surface area contributed by atoms with Crippen molar-refractivity contribution in [3.8, 4) is 11.5 Å². The first-order chi connectivity index (χ1) is 13.5. The van der Waals surface area contributed by atoms with Crippen LogP contribution in [0, 0.1) is 0 Å². The number of carbonyl (C=O) groups is 1. The van der Waals surface area contributed by atoms with E-state index in [2.05, 4.69) is 33.0 Å². The molecule has 0 aliphatic rings. The molecule has 0 unspecified atom stereocenters. The zero-order chi connectivity index (χ0) is 20.1. The summed E-state index contributed by atoms with van der Waals surface area (Å²) in [5.74, 6) is 0.144. The predicted octanol–water partition coefficient (Wildman–Crippen LogP) is 4.79. The first kappa shape index (κ1) is 19.7. The SMILES string of the molecule is C=CCc1cc(/C=N/NC(=O)c2cc3cc(Br)ccc3o2)cc(OCC)c1O. The summed E-state index contributed by atoms with van der Waals surface area (Å²) in [6.07, 6.45) is 3.65. The van der Waals surface area contributed by atoms with E-state index >= 15 is 0 Å². The molecule has 2 N–H and O–H groups in total. The van der Waals surface area contributed by atoms with E-state index in [4.69, 9.17) is 9.15 Å². The Labute approximate surface area is 170 Å². The first-order valence-electron chi connectivity index (χ1n) is 8.64. The third-order valence-corrected chi connectivity index (χ3v) is 4.42. The number of aromatic hydroxyl groups is 1. The van der Waals surface area contributed by atoms with E-state index in [1.54, 1.807) is 30.3 Å². The fraction of sp³-hybridized carbons (Fsp3) is 0.143. The fourth-order valence-corrected chi connectivity index (χ4v) is 3.07. The summed E-state index contributed by atoms with van der Waals surface area (Å²) in [5.41, 5.74) is 4.40. The van der Waals surface area contributed by atoms with Gasteiger partial charge in [-0.15, -0.1) is 6.58 Å². The number of allylic oxidation sites excluding steroid dienone is 1. The molecule has 0 fully saturated rings. The lowest BCUT2D eigenvalue weighted by molar-refractivity contribution is 0.0929. The van der Waals surface area contributed by atoms with Gasteiger partial charge in [-0.05, 0) is 55.3 Å². The number of phenols is 1. The third kappa shape index (κ3) is 4.43. The van der Waals surface area contributed by atoms with E-state index in [1.807, 2.05) is 19.1 Å². The van der Waals surface area contributed by atoms with Gasteiger partial charge in [0.15, 0.2) is 17.3 Å². The van der Waals surface area contributed by atoms with Gasteiger partial charge < -0.3 is 14.3 Å². The molecule has 28 heavy (non-hydrogen) atoms. The maximum atomic E-state index is 12.3. The molecule has 0 spiro atoms. The molecule has 0 aliphatic heterocycles. The Morgan fingerprint density at radius 3 is 2.93 bits per heavy atom. The number of ether oxygens (including phenoxy) is 1. The monoisotopic (exact) mass is 442 g/mol. The topological polar surface area (TPSA) is 84.1 Å². The highest BCUT2D eigenvalue weighted by atomic mass is 79.9. The summed E-state index contributed by atoms with van der Waals surface area (Å²) in [7, 11) is 0. The lowest BCUT2D eigenvalue weighted by atomic mass is 10.1. The van der Waals surface area contributed by atoms with Crippen molar-refractivity contribution in [1.29, 1.82) is 0 Å². The van der Waals surface area contributed by atoms with Gasteiger partial charge in [-0.2, -0.15) is 5.10 Å². The number of nitrogens with zero attached hydrogens (tertiary/aromatic N) is 1. The Bertz CT molecular complexity index is 1060. The van der Waals surface area contributed by atoms with Crippen molar-refractivity contribution in [3.63, 3.8) is 0 Å². The van der Waals surface area contributed by atoms with Gasteiger partial charge in [0.05, 0.1) is 12.8 Å². The molecule has 1 aromatic heterocycles. The van der Waals surface area contributed by atoms with Gasteiger partial charge in [0.1, 0.15) is 5.58 Å². The minimum atomic E-state index is -0.460. The van der Waals surface area contributed by atoms with Crippen LogP contribution < -0.4 is 10.2 Å². The van der Waals surface area contributed by atoms with Gasteiger partial charge in [-0.25, -0.2) is 5.43 Å². The van der Waals surface area contributed by atoms with Crippen LogP contribution in [0.1, 0.15) is 28.6 Å². The molecule has 7 heteroatoms. The van der Waals surface area contributed by atoms with Crippen LogP contribution in [0.4, 0.5) is 0 Å². The average molecular weight is 443 g/mol. The zero-order valence-corrected chi connectivity index (χ0v) is 16.8. The Morgan fingerprint density at radius 1 is 1.36 bits per heavy atom. The number of halogens is 1. The Kier molecular flexibility index (Phi) is 6.16. The molecule has 0 aliphatic carbocycles. The summed E-state index contributed by atoms with van der Waals surface area (Å²) in [4.78, 5) is 12.3. The van der Waals surface area contributed by atoms with Crippen LogP contribution in [0.5, 0.6) is 11.5 Å². The van der Waals surface area contributed by atoms with E-state index in [0.29, 0.717) is 35.5 Å². The van der Waals surface area contributed by atoms with Crippen molar-refractivity contribution >= 4 is 39.0 Å². The van der Waals surface area contributed by atoms with Gasteiger partial charge in [-0.3, -0.25) is 4.79 Å². The molecule has 2 aromatic carbocycles. The molecule has 3 rings (SSSR count). The van der Waals surface area contributed by atoms with Crippen molar-refractivity contribution < 1.29 is 19.1 Å². The van der Waals surface area contributed by atoms with Gasteiger partial charge in [0, 0.05) is 15.4 Å². The van der Waals surface area contributed by atoms with Gasteiger partial charge in [-0.1, -0.05) is 22.0 Å². The Balaban J connectivity index is 1.77. The molecule has 1 heterocycles. The number of furan rings is 1. The number of hydrogen-bond acceptors (Lipinski definition) is 5. The molecular weight excluding hydrogens is 424 g/mol. The van der Waals surface area contributed by atoms with E-state index in [1.165, 1.54) is 6.21 Å². The van der Waals surface area contributed by atoms with Crippen LogP contribution in [0.3, 0.4) is 0 Å². The third-order valence-electron chi connectivity index (χ3n) is 3.92.